The highest BCUT2D eigenvalue weighted by molar-refractivity contribution is 6.12. The Labute approximate surface area is 131 Å². The van der Waals surface area contributed by atoms with Gasteiger partial charge in [-0.25, -0.2) is 9.78 Å². The van der Waals surface area contributed by atoms with E-state index in [1.54, 1.807) is 24.3 Å². The van der Waals surface area contributed by atoms with Crippen molar-refractivity contribution in [1.82, 2.24) is 4.98 Å². The minimum Gasteiger partial charge on any atom is -0.478 e. The quantitative estimate of drug-likeness (QED) is 0.744. The second-order valence-electron chi connectivity index (χ2n) is 5.04. The number of rotatable bonds is 4. The molecule has 1 aliphatic rings. The van der Waals surface area contributed by atoms with Crippen molar-refractivity contribution in [2.75, 3.05) is 5.32 Å². The van der Waals surface area contributed by atoms with Crippen LogP contribution in [0.25, 0.3) is 0 Å². The van der Waals surface area contributed by atoms with Crippen molar-refractivity contribution in [3.63, 3.8) is 0 Å². The van der Waals surface area contributed by atoms with Crippen molar-refractivity contribution in [3.8, 4) is 0 Å². The van der Waals surface area contributed by atoms with Gasteiger partial charge in [0.2, 0.25) is 5.91 Å². The van der Waals surface area contributed by atoms with Gasteiger partial charge in [0.15, 0.2) is 0 Å². The number of amides is 1. The molecule has 1 aliphatic heterocycles. The molecule has 7 heteroatoms. The third-order valence-corrected chi connectivity index (χ3v) is 3.49. The molecule has 2 aromatic rings. The molecule has 23 heavy (non-hydrogen) atoms. The van der Waals surface area contributed by atoms with Crippen molar-refractivity contribution in [1.29, 1.82) is 0 Å². The summed E-state index contributed by atoms with van der Waals surface area (Å²) in [5.74, 6) is -1.77. The number of aromatic nitrogens is 1. The minimum absolute atomic E-state index is 0.0147. The van der Waals surface area contributed by atoms with Gasteiger partial charge in [0.1, 0.15) is 11.7 Å². The fourth-order valence-electron chi connectivity index (χ4n) is 2.32. The zero-order chi connectivity index (χ0) is 16.4. The number of benzene rings is 1. The number of pyridine rings is 1. The Hall–Kier alpha value is -3.06. The molecular weight excluding hydrogens is 298 g/mol. The van der Waals surface area contributed by atoms with E-state index in [4.69, 9.17) is 10.2 Å². The Morgan fingerprint density at radius 1 is 1.39 bits per heavy atom. The zero-order valence-corrected chi connectivity index (χ0v) is 11.9. The first kappa shape index (κ1) is 14.9. The topological polar surface area (TPSA) is 112 Å². The molecule has 7 nitrogen and oxygen atoms in total. The van der Waals surface area contributed by atoms with Crippen molar-refractivity contribution in [2.45, 2.75) is 12.5 Å². The monoisotopic (exact) mass is 311 g/mol. The van der Waals surface area contributed by atoms with Gasteiger partial charge in [0.25, 0.3) is 0 Å². The van der Waals surface area contributed by atoms with Gasteiger partial charge in [0.05, 0.1) is 17.9 Å². The number of anilines is 1. The van der Waals surface area contributed by atoms with Crippen LogP contribution in [0, 0.1) is 0 Å². The van der Waals surface area contributed by atoms with Gasteiger partial charge in [-0.15, -0.1) is 0 Å². The molecule has 1 amide bonds. The summed E-state index contributed by atoms with van der Waals surface area (Å²) in [6.45, 7) is -0.0952. The molecule has 116 valence electrons. The molecule has 1 atom stereocenters. The minimum atomic E-state index is -1.11. The summed E-state index contributed by atoms with van der Waals surface area (Å²) in [7, 11) is 0. The lowest BCUT2D eigenvalue weighted by atomic mass is 10.0. The summed E-state index contributed by atoms with van der Waals surface area (Å²) < 4.78 is 0. The Morgan fingerprint density at radius 2 is 2.22 bits per heavy atom. The average molecular weight is 311 g/mol. The van der Waals surface area contributed by atoms with E-state index in [9.17, 15) is 9.59 Å². The van der Waals surface area contributed by atoms with Crippen molar-refractivity contribution >= 4 is 29.6 Å². The Bertz CT molecular complexity index is 817. The van der Waals surface area contributed by atoms with Crippen LogP contribution in [0.4, 0.5) is 11.5 Å². The highest BCUT2D eigenvalue weighted by atomic mass is 16.4. The van der Waals surface area contributed by atoms with Crippen LogP contribution in [-0.4, -0.2) is 33.3 Å². The number of aliphatic hydroxyl groups is 1. The molecule has 0 saturated heterocycles. The fraction of sp³-hybridized carbons (Fsp3) is 0.125. The number of carboxylic acid groups (broad SMARTS) is 1. The number of carboxylic acids is 1. The van der Waals surface area contributed by atoms with Crippen LogP contribution in [0.2, 0.25) is 0 Å². The fourth-order valence-corrected chi connectivity index (χ4v) is 2.32. The van der Waals surface area contributed by atoms with Crippen molar-refractivity contribution in [3.05, 3.63) is 53.2 Å². The van der Waals surface area contributed by atoms with Gasteiger partial charge >= 0.3 is 5.97 Å². The van der Waals surface area contributed by atoms with E-state index in [0.29, 0.717) is 22.6 Å². The second kappa shape index (κ2) is 5.98. The molecule has 0 bridgehead atoms. The highest BCUT2D eigenvalue weighted by Crippen LogP contribution is 2.30. The summed E-state index contributed by atoms with van der Waals surface area (Å²) in [5.41, 5.74) is 1.81. The Kier molecular flexibility index (Phi) is 3.86. The van der Waals surface area contributed by atoms with Gasteiger partial charge in [-0.1, -0.05) is 12.1 Å². The van der Waals surface area contributed by atoms with E-state index >= 15 is 0 Å². The predicted molar refractivity (Wildman–Crippen MR) is 83.1 cm³/mol. The number of nitrogens with one attached hydrogen (secondary N) is 1. The molecule has 0 saturated carbocycles. The molecule has 0 radical (unpaired) electrons. The lowest BCUT2D eigenvalue weighted by Crippen LogP contribution is -2.13. The lowest BCUT2D eigenvalue weighted by Gasteiger charge is -2.03. The average Bonchev–Trinajstić information content (AvgIpc) is 2.87. The number of aliphatic imine (C=N–C) groups is 1. The molecule has 1 aromatic heterocycles. The third kappa shape index (κ3) is 2.95. The van der Waals surface area contributed by atoms with Gasteiger partial charge in [-0.2, -0.15) is 0 Å². The van der Waals surface area contributed by atoms with Crippen LogP contribution in [0.3, 0.4) is 0 Å². The van der Waals surface area contributed by atoms with E-state index in [1.165, 1.54) is 18.5 Å². The molecule has 0 aliphatic carbocycles. The van der Waals surface area contributed by atoms with E-state index in [1.807, 2.05) is 0 Å². The third-order valence-electron chi connectivity index (χ3n) is 3.49. The largest absolute Gasteiger partial charge is 0.478 e. The van der Waals surface area contributed by atoms with Crippen molar-refractivity contribution in [2.24, 2.45) is 4.99 Å². The number of carbonyl (C=O) groups excluding carboxylic acids is 1. The summed E-state index contributed by atoms with van der Waals surface area (Å²) >= 11 is 0. The van der Waals surface area contributed by atoms with Crippen LogP contribution < -0.4 is 5.32 Å². The number of hydrogen-bond acceptors (Lipinski definition) is 5. The van der Waals surface area contributed by atoms with Crippen LogP contribution in [0.5, 0.6) is 0 Å². The maximum atomic E-state index is 12.0. The van der Waals surface area contributed by atoms with E-state index in [-0.39, 0.29) is 18.1 Å². The van der Waals surface area contributed by atoms with E-state index < -0.39 is 11.9 Å². The molecular formula is C16H13N3O4. The smallest absolute Gasteiger partial charge is 0.337 e. The zero-order valence-electron chi connectivity index (χ0n) is 11.9. The lowest BCUT2D eigenvalue weighted by molar-refractivity contribution is -0.115. The first-order valence-corrected chi connectivity index (χ1v) is 6.86. The standard InChI is InChI=1S/C16H13N3O4/c20-8-9-2-1-3-11(4-9)17-7-13-12-5-10(16(22)23)6-18-14(12)19-15(13)21/h1-7,13,20H,8H2,(H,22,23)(H,18,19,21). The Morgan fingerprint density at radius 3 is 2.96 bits per heavy atom. The molecule has 0 fully saturated rings. The first-order valence-electron chi connectivity index (χ1n) is 6.86. The molecule has 2 heterocycles. The summed E-state index contributed by atoms with van der Waals surface area (Å²) in [6.07, 6.45) is 2.65. The molecule has 1 aromatic carbocycles. The number of carbonyl (C=O) groups is 2. The van der Waals surface area contributed by atoms with Gasteiger partial charge < -0.3 is 15.5 Å². The molecule has 0 spiro atoms. The summed E-state index contributed by atoms with van der Waals surface area (Å²) in [4.78, 5) is 31.3. The number of nitrogens with zero attached hydrogens (tertiary/aromatic N) is 2. The number of aromatic carboxylic acids is 1. The van der Waals surface area contributed by atoms with E-state index in [2.05, 4.69) is 15.3 Å². The highest BCUT2D eigenvalue weighted by Gasteiger charge is 2.31. The first-order chi connectivity index (χ1) is 11.1. The number of hydrogen-bond donors (Lipinski definition) is 3. The van der Waals surface area contributed by atoms with E-state index in [0.717, 1.165) is 0 Å². The van der Waals surface area contributed by atoms with Crippen LogP contribution in [0.1, 0.15) is 27.4 Å². The maximum absolute atomic E-state index is 12.0. The summed E-state index contributed by atoms with van der Waals surface area (Å²) in [5, 5.41) is 20.7. The van der Waals surface area contributed by atoms with Crippen LogP contribution in [-0.2, 0) is 11.4 Å². The van der Waals surface area contributed by atoms with Gasteiger partial charge in [-0.3, -0.25) is 9.79 Å². The second-order valence-corrected chi connectivity index (χ2v) is 5.04. The molecule has 3 rings (SSSR count). The normalized spacial score (nSPS) is 16.4. The molecule has 3 N–H and O–H groups in total. The van der Waals surface area contributed by atoms with Crippen molar-refractivity contribution < 1.29 is 19.8 Å². The number of fused-ring (bicyclic) bond motifs is 1. The van der Waals surface area contributed by atoms with Gasteiger partial charge in [0, 0.05) is 18.0 Å². The molecule has 1 unspecified atom stereocenters. The van der Waals surface area contributed by atoms with Gasteiger partial charge in [-0.05, 0) is 23.8 Å². The predicted octanol–water partition coefficient (Wildman–Crippen LogP) is 1.71. The number of aliphatic hydroxyl groups excluding tert-OH is 1. The van der Waals surface area contributed by atoms with Crippen LogP contribution >= 0.6 is 0 Å². The summed E-state index contributed by atoms with van der Waals surface area (Å²) in [6, 6.07) is 8.39. The Balaban J connectivity index is 1.92. The van der Waals surface area contributed by atoms with Crippen LogP contribution in [0.15, 0.2) is 41.5 Å². The maximum Gasteiger partial charge on any atom is 0.337 e. The SMILES string of the molecule is O=C(O)c1cnc2c(c1)C(C=Nc1cccc(CO)c1)C(=O)N2.